The van der Waals surface area contributed by atoms with Crippen LogP contribution in [0.1, 0.15) is 15.9 Å². The molecule has 0 unspecified atom stereocenters. The third-order valence-corrected chi connectivity index (χ3v) is 5.80. The lowest BCUT2D eigenvalue weighted by molar-refractivity contribution is -0.121. The number of thiocarbonyl (C=S) groups is 1. The van der Waals surface area contributed by atoms with Crippen LogP contribution in [0.25, 0.3) is 6.08 Å². The number of benzene rings is 2. The second-order valence-corrected chi connectivity index (χ2v) is 8.48. The van der Waals surface area contributed by atoms with Gasteiger partial charge < -0.3 is 9.47 Å². The fourth-order valence-electron chi connectivity index (χ4n) is 2.57. The van der Waals surface area contributed by atoms with Crippen LogP contribution in [-0.2, 0) is 4.79 Å². The molecule has 3 rings (SSSR count). The van der Waals surface area contributed by atoms with Crippen molar-refractivity contribution in [1.82, 2.24) is 4.90 Å². The summed E-state index contributed by atoms with van der Waals surface area (Å²) in [5, 5.41) is 0. The molecule has 8 heteroatoms. The van der Waals surface area contributed by atoms with Crippen LogP contribution in [0.15, 0.2) is 64.5 Å². The number of carbonyl (C=O) groups is 2. The summed E-state index contributed by atoms with van der Waals surface area (Å²) in [6, 6.07) is 12.0. The Balaban J connectivity index is 1.82. The topological polar surface area (TPSA) is 55.8 Å². The van der Waals surface area contributed by atoms with E-state index >= 15 is 0 Å². The number of nitrogens with zero attached hydrogens (tertiary/aromatic N) is 1. The van der Waals surface area contributed by atoms with E-state index in [1.54, 1.807) is 48.6 Å². The summed E-state index contributed by atoms with van der Waals surface area (Å²) in [4.78, 5) is 26.8. The van der Waals surface area contributed by atoms with Gasteiger partial charge in [-0.05, 0) is 42.0 Å². The summed E-state index contributed by atoms with van der Waals surface area (Å²) in [6.45, 7) is 4.01. The highest BCUT2D eigenvalue weighted by molar-refractivity contribution is 9.10. The molecule has 0 atom stereocenters. The van der Waals surface area contributed by atoms with E-state index in [0.717, 1.165) is 10.0 Å². The Hall–Kier alpha value is -2.42. The SMILES string of the molecule is C=CCN1C(=O)C(=Cc2ccc(OC(=O)c3cccc(Br)c3)c(OC)c2)SC1=S. The van der Waals surface area contributed by atoms with E-state index in [4.69, 9.17) is 21.7 Å². The first-order valence-corrected chi connectivity index (χ1v) is 10.5. The summed E-state index contributed by atoms with van der Waals surface area (Å²) in [7, 11) is 1.49. The summed E-state index contributed by atoms with van der Waals surface area (Å²) in [5.74, 6) is 0.00386. The first-order valence-electron chi connectivity index (χ1n) is 8.45. The van der Waals surface area contributed by atoms with Crippen molar-refractivity contribution in [1.29, 1.82) is 0 Å². The maximum absolute atomic E-state index is 12.5. The van der Waals surface area contributed by atoms with Crippen LogP contribution in [-0.4, -0.2) is 34.8 Å². The molecule has 0 aromatic heterocycles. The normalized spacial score (nSPS) is 15.0. The maximum Gasteiger partial charge on any atom is 0.343 e. The van der Waals surface area contributed by atoms with Crippen molar-refractivity contribution in [3.05, 3.63) is 75.6 Å². The zero-order chi connectivity index (χ0) is 21.0. The smallest absolute Gasteiger partial charge is 0.343 e. The Labute approximate surface area is 186 Å². The second kappa shape index (κ2) is 9.39. The van der Waals surface area contributed by atoms with Gasteiger partial charge in [-0.3, -0.25) is 9.69 Å². The molecule has 0 N–H and O–H groups in total. The molecule has 5 nitrogen and oxygen atoms in total. The monoisotopic (exact) mass is 489 g/mol. The highest BCUT2D eigenvalue weighted by atomic mass is 79.9. The van der Waals surface area contributed by atoms with Crippen LogP contribution < -0.4 is 9.47 Å². The highest BCUT2D eigenvalue weighted by Crippen LogP contribution is 2.35. The van der Waals surface area contributed by atoms with Gasteiger partial charge in [0.1, 0.15) is 4.32 Å². The Morgan fingerprint density at radius 2 is 2.07 bits per heavy atom. The molecular formula is C21H16BrNO4S2. The molecule has 1 aliphatic rings. The lowest BCUT2D eigenvalue weighted by atomic mass is 10.1. The van der Waals surface area contributed by atoms with E-state index in [-0.39, 0.29) is 11.7 Å². The molecule has 2 aromatic rings. The fourth-order valence-corrected chi connectivity index (χ4v) is 4.24. The predicted molar refractivity (Wildman–Crippen MR) is 122 cm³/mol. The van der Waals surface area contributed by atoms with Crippen LogP contribution >= 0.6 is 39.9 Å². The van der Waals surface area contributed by atoms with E-state index in [1.165, 1.54) is 23.8 Å². The van der Waals surface area contributed by atoms with Crippen LogP contribution in [0.5, 0.6) is 11.5 Å². The number of methoxy groups -OCH3 is 1. The van der Waals surface area contributed by atoms with E-state index in [9.17, 15) is 9.59 Å². The van der Waals surface area contributed by atoms with Crippen molar-refractivity contribution in [2.45, 2.75) is 0 Å². The molecule has 0 aliphatic carbocycles. The summed E-state index contributed by atoms with van der Waals surface area (Å²) in [5.41, 5.74) is 1.14. The average molecular weight is 490 g/mol. The van der Waals surface area contributed by atoms with Gasteiger partial charge in [-0.2, -0.15) is 0 Å². The number of rotatable bonds is 6. The number of ether oxygens (including phenoxy) is 2. The number of carbonyl (C=O) groups excluding carboxylic acids is 2. The van der Waals surface area contributed by atoms with E-state index in [0.29, 0.717) is 27.1 Å². The van der Waals surface area contributed by atoms with Crippen molar-refractivity contribution in [3.63, 3.8) is 0 Å². The fraction of sp³-hybridized carbons (Fsp3) is 0.0952. The van der Waals surface area contributed by atoms with Crippen molar-refractivity contribution >= 4 is 62.2 Å². The number of hydrogen-bond acceptors (Lipinski definition) is 6. The standard InChI is InChI=1S/C21H16BrNO4S2/c1-3-9-23-19(24)18(29-21(23)28)11-13-7-8-16(17(10-13)26-2)27-20(25)14-5-4-6-15(22)12-14/h3-8,10-12H,1,9H2,2H3. The van der Waals surface area contributed by atoms with Gasteiger partial charge in [-0.1, -0.05) is 58.1 Å². The van der Waals surface area contributed by atoms with E-state index < -0.39 is 5.97 Å². The summed E-state index contributed by atoms with van der Waals surface area (Å²) < 4.78 is 12.1. The van der Waals surface area contributed by atoms with Gasteiger partial charge in [0, 0.05) is 11.0 Å². The van der Waals surface area contributed by atoms with Crippen molar-refractivity contribution in [2.75, 3.05) is 13.7 Å². The molecule has 29 heavy (non-hydrogen) atoms. The summed E-state index contributed by atoms with van der Waals surface area (Å²) >= 11 is 9.81. The molecule has 1 heterocycles. The van der Waals surface area contributed by atoms with E-state index in [2.05, 4.69) is 22.5 Å². The van der Waals surface area contributed by atoms with E-state index in [1.807, 2.05) is 6.07 Å². The number of esters is 1. The lowest BCUT2D eigenvalue weighted by Gasteiger charge is -2.11. The Bertz CT molecular complexity index is 1040. The molecule has 1 saturated heterocycles. The van der Waals surface area contributed by atoms with Gasteiger partial charge in [0.25, 0.3) is 5.91 Å². The molecule has 1 fully saturated rings. The Morgan fingerprint density at radius 3 is 2.76 bits per heavy atom. The van der Waals surface area contributed by atoms with Gasteiger partial charge in [0.15, 0.2) is 11.5 Å². The number of halogens is 1. The zero-order valence-corrected chi connectivity index (χ0v) is 18.6. The molecule has 148 valence electrons. The average Bonchev–Trinajstić information content (AvgIpc) is 2.96. The number of thioether (sulfide) groups is 1. The maximum atomic E-state index is 12.5. The molecule has 0 radical (unpaired) electrons. The molecule has 0 saturated carbocycles. The second-order valence-electron chi connectivity index (χ2n) is 5.89. The predicted octanol–water partition coefficient (Wildman–Crippen LogP) is 5.06. The van der Waals surface area contributed by atoms with Crippen LogP contribution in [0.2, 0.25) is 0 Å². The Kier molecular flexibility index (Phi) is 6.89. The minimum atomic E-state index is -0.498. The van der Waals surface area contributed by atoms with Gasteiger partial charge in [0.2, 0.25) is 0 Å². The van der Waals surface area contributed by atoms with Gasteiger partial charge >= 0.3 is 5.97 Å². The third kappa shape index (κ3) is 4.95. The minimum Gasteiger partial charge on any atom is -0.493 e. The largest absolute Gasteiger partial charge is 0.493 e. The zero-order valence-electron chi connectivity index (χ0n) is 15.4. The molecule has 1 amide bonds. The first kappa shape index (κ1) is 21.3. The number of hydrogen-bond donors (Lipinski definition) is 0. The molecule has 1 aliphatic heterocycles. The highest BCUT2D eigenvalue weighted by Gasteiger charge is 2.31. The molecule has 0 spiro atoms. The quantitative estimate of drug-likeness (QED) is 0.186. The lowest BCUT2D eigenvalue weighted by Crippen LogP contribution is -2.27. The summed E-state index contributed by atoms with van der Waals surface area (Å²) in [6.07, 6.45) is 3.36. The Morgan fingerprint density at radius 1 is 1.28 bits per heavy atom. The first-order chi connectivity index (χ1) is 13.9. The van der Waals surface area contributed by atoms with Gasteiger partial charge in [-0.15, -0.1) is 6.58 Å². The van der Waals surface area contributed by atoms with Gasteiger partial charge in [-0.25, -0.2) is 4.79 Å². The van der Waals surface area contributed by atoms with Crippen molar-refractivity contribution in [3.8, 4) is 11.5 Å². The van der Waals surface area contributed by atoms with Crippen molar-refractivity contribution < 1.29 is 19.1 Å². The minimum absolute atomic E-state index is 0.163. The van der Waals surface area contributed by atoms with Gasteiger partial charge in [0.05, 0.1) is 17.6 Å². The van der Waals surface area contributed by atoms with Crippen LogP contribution in [0.3, 0.4) is 0 Å². The molecular weight excluding hydrogens is 474 g/mol. The number of amides is 1. The van der Waals surface area contributed by atoms with Crippen molar-refractivity contribution in [2.24, 2.45) is 0 Å². The molecule has 2 aromatic carbocycles. The van der Waals surface area contributed by atoms with Crippen LogP contribution in [0, 0.1) is 0 Å². The third-order valence-electron chi connectivity index (χ3n) is 3.93. The van der Waals surface area contributed by atoms with Crippen LogP contribution in [0.4, 0.5) is 0 Å². The molecule has 0 bridgehead atoms.